The van der Waals surface area contributed by atoms with Crippen molar-refractivity contribution in [2.45, 2.75) is 13.5 Å². The van der Waals surface area contributed by atoms with Crippen molar-refractivity contribution in [1.82, 2.24) is 9.55 Å². The van der Waals surface area contributed by atoms with Crippen LogP contribution in [0.2, 0.25) is 0 Å². The van der Waals surface area contributed by atoms with Crippen molar-refractivity contribution < 1.29 is 13.6 Å². The summed E-state index contributed by atoms with van der Waals surface area (Å²) in [5.74, 6) is -1.23. The molecule has 8 nitrogen and oxygen atoms in total. The SMILES string of the molecule is CCN(C(=O)c1ccc(-c2ccccc2F)o1)c1c(N)n(Cc2ccccc2)c(=O)[nH]c1=O. The molecule has 0 saturated heterocycles. The summed E-state index contributed by atoms with van der Waals surface area (Å²) in [6.45, 7) is 1.84. The zero-order valence-corrected chi connectivity index (χ0v) is 17.7. The van der Waals surface area contributed by atoms with Gasteiger partial charge in [0.15, 0.2) is 11.4 Å². The molecule has 0 unspecified atom stereocenters. The van der Waals surface area contributed by atoms with Crippen LogP contribution in [0.3, 0.4) is 0 Å². The first-order valence-corrected chi connectivity index (χ1v) is 10.2. The largest absolute Gasteiger partial charge is 0.451 e. The monoisotopic (exact) mass is 448 g/mol. The zero-order chi connectivity index (χ0) is 23.5. The van der Waals surface area contributed by atoms with E-state index in [0.717, 1.165) is 10.5 Å². The summed E-state index contributed by atoms with van der Waals surface area (Å²) in [6.07, 6.45) is 0. The molecule has 4 aromatic rings. The second-order valence-corrected chi connectivity index (χ2v) is 7.26. The molecule has 9 heteroatoms. The summed E-state index contributed by atoms with van der Waals surface area (Å²) in [4.78, 5) is 41.6. The van der Waals surface area contributed by atoms with Gasteiger partial charge in [0.25, 0.3) is 11.5 Å². The number of amides is 1. The van der Waals surface area contributed by atoms with E-state index in [1.54, 1.807) is 19.1 Å². The van der Waals surface area contributed by atoms with E-state index in [1.807, 2.05) is 30.3 Å². The van der Waals surface area contributed by atoms with E-state index >= 15 is 0 Å². The molecule has 0 radical (unpaired) electrons. The molecule has 0 spiro atoms. The van der Waals surface area contributed by atoms with E-state index in [2.05, 4.69) is 4.98 Å². The van der Waals surface area contributed by atoms with Crippen molar-refractivity contribution in [2.75, 3.05) is 17.2 Å². The highest BCUT2D eigenvalue weighted by Gasteiger charge is 2.26. The molecule has 0 bridgehead atoms. The Balaban J connectivity index is 1.73. The lowest BCUT2D eigenvalue weighted by Gasteiger charge is -2.22. The summed E-state index contributed by atoms with van der Waals surface area (Å²) in [7, 11) is 0. The van der Waals surface area contributed by atoms with Gasteiger partial charge in [0.2, 0.25) is 0 Å². The predicted octanol–water partition coefficient (Wildman–Crippen LogP) is 3.23. The van der Waals surface area contributed by atoms with Crippen molar-refractivity contribution in [3.05, 3.63) is 105 Å². The maximum atomic E-state index is 14.1. The quantitative estimate of drug-likeness (QED) is 0.470. The minimum atomic E-state index is -0.794. The topological polar surface area (TPSA) is 114 Å². The first-order chi connectivity index (χ1) is 15.9. The molecular weight excluding hydrogens is 427 g/mol. The summed E-state index contributed by atoms with van der Waals surface area (Å²) in [5.41, 5.74) is 5.56. The van der Waals surface area contributed by atoms with Crippen LogP contribution in [0.15, 0.2) is 80.7 Å². The fourth-order valence-electron chi connectivity index (χ4n) is 3.56. The number of rotatable bonds is 6. The van der Waals surface area contributed by atoms with Gasteiger partial charge in [-0.1, -0.05) is 42.5 Å². The minimum Gasteiger partial charge on any atom is -0.451 e. The Hall–Kier alpha value is -4.40. The Morgan fingerprint density at radius 1 is 1.06 bits per heavy atom. The van der Waals surface area contributed by atoms with Gasteiger partial charge in [0.1, 0.15) is 17.4 Å². The molecule has 0 aliphatic rings. The van der Waals surface area contributed by atoms with Crippen LogP contribution in [0.1, 0.15) is 23.0 Å². The summed E-state index contributed by atoms with van der Waals surface area (Å²) >= 11 is 0. The van der Waals surface area contributed by atoms with Crippen LogP contribution in [0.5, 0.6) is 0 Å². The van der Waals surface area contributed by atoms with Crippen molar-refractivity contribution >= 4 is 17.4 Å². The molecule has 33 heavy (non-hydrogen) atoms. The highest BCUT2D eigenvalue weighted by molar-refractivity contribution is 6.05. The first kappa shape index (κ1) is 21.8. The van der Waals surface area contributed by atoms with Crippen LogP contribution in [-0.4, -0.2) is 22.0 Å². The van der Waals surface area contributed by atoms with Gasteiger partial charge in [0, 0.05) is 6.54 Å². The maximum Gasteiger partial charge on any atom is 0.330 e. The second-order valence-electron chi connectivity index (χ2n) is 7.26. The van der Waals surface area contributed by atoms with Gasteiger partial charge in [0.05, 0.1) is 12.1 Å². The zero-order valence-electron chi connectivity index (χ0n) is 17.7. The fraction of sp³-hybridized carbons (Fsp3) is 0.125. The van der Waals surface area contributed by atoms with Crippen molar-refractivity contribution in [2.24, 2.45) is 0 Å². The third kappa shape index (κ3) is 4.20. The van der Waals surface area contributed by atoms with Gasteiger partial charge in [-0.05, 0) is 36.8 Å². The molecular formula is C24H21FN4O4. The molecule has 2 heterocycles. The molecule has 0 saturated carbocycles. The lowest BCUT2D eigenvalue weighted by Crippen LogP contribution is -2.41. The fourth-order valence-corrected chi connectivity index (χ4v) is 3.56. The van der Waals surface area contributed by atoms with Gasteiger partial charge in [-0.15, -0.1) is 0 Å². The highest BCUT2D eigenvalue weighted by Crippen LogP contribution is 2.27. The van der Waals surface area contributed by atoms with Crippen LogP contribution < -0.4 is 21.9 Å². The number of carbonyl (C=O) groups is 1. The molecule has 1 amide bonds. The second kappa shape index (κ2) is 8.99. The number of hydrogen-bond donors (Lipinski definition) is 2. The van der Waals surface area contributed by atoms with Crippen LogP contribution in [-0.2, 0) is 6.54 Å². The molecule has 0 atom stereocenters. The third-order valence-electron chi connectivity index (χ3n) is 5.19. The normalized spacial score (nSPS) is 10.8. The average molecular weight is 448 g/mol. The standard InChI is InChI=1S/C24H21FN4O4/c1-2-28(23(31)19-13-12-18(33-19)16-10-6-7-11-17(16)25)20-21(26)29(24(32)27-22(20)30)14-15-8-4-3-5-9-15/h3-13H,2,14,26H2,1H3,(H,27,30,32). The number of nitrogens with zero attached hydrogens (tertiary/aromatic N) is 2. The number of benzene rings is 2. The van der Waals surface area contributed by atoms with Crippen LogP contribution in [0, 0.1) is 5.82 Å². The minimum absolute atomic E-state index is 0.0748. The summed E-state index contributed by atoms with van der Waals surface area (Å²) in [5, 5.41) is 0. The number of hydrogen-bond acceptors (Lipinski definition) is 5. The van der Waals surface area contributed by atoms with Crippen molar-refractivity contribution in [3.63, 3.8) is 0 Å². The summed E-state index contributed by atoms with van der Waals surface area (Å²) < 4.78 is 20.9. The van der Waals surface area contributed by atoms with Crippen molar-refractivity contribution in [3.8, 4) is 11.3 Å². The Bertz CT molecular complexity index is 1420. The van der Waals surface area contributed by atoms with Gasteiger partial charge in [-0.2, -0.15) is 0 Å². The molecule has 0 fully saturated rings. The highest BCUT2D eigenvalue weighted by atomic mass is 19.1. The van der Waals surface area contributed by atoms with E-state index in [0.29, 0.717) is 0 Å². The molecule has 4 rings (SSSR count). The Morgan fingerprint density at radius 2 is 1.76 bits per heavy atom. The lowest BCUT2D eigenvalue weighted by atomic mass is 10.1. The number of aromatic nitrogens is 2. The number of furan rings is 1. The van der Waals surface area contributed by atoms with E-state index in [9.17, 15) is 18.8 Å². The van der Waals surface area contributed by atoms with Gasteiger partial charge < -0.3 is 10.2 Å². The lowest BCUT2D eigenvalue weighted by molar-refractivity contribution is 0.0962. The number of nitrogens with two attached hydrogens (primary N) is 1. The predicted molar refractivity (Wildman–Crippen MR) is 123 cm³/mol. The molecule has 168 valence electrons. The number of carbonyl (C=O) groups excluding carboxylic acids is 1. The van der Waals surface area contributed by atoms with Crippen LogP contribution in [0.4, 0.5) is 15.9 Å². The maximum absolute atomic E-state index is 14.1. The van der Waals surface area contributed by atoms with Crippen LogP contribution in [0.25, 0.3) is 11.3 Å². The van der Waals surface area contributed by atoms with Crippen LogP contribution >= 0.6 is 0 Å². The third-order valence-corrected chi connectivity index (χ3v) is 5.19. The van der Waals surface area contributed by atoms with E-state index < -0.39 is 23.0 Å². The summed E-state index contributed by atoms with van der Waals surface area (Å²) in [6, 6.07) is 18.0. The number of H-pyrrole nitrogens is 1. The molecule has 2 aromatic carbocycles. The van der Waals surface area contributed by atoms with E-state index in [-0.39, 0.29) is 41.7 Å². The van der Waals surface area contributed by atoms with Gasteiger partial charge in [-0.25, -0.2) is 9.18 Å². The Labute approximate surface area is 187 Å². The number of halogens is 1. The molecule has 0 aliphatic carbocycles. The first-order valence-electron chi connectivity index (χ1n) is 10.2. The number of aromatic amines is 1. The van der Waals surface area contributed by atoms with Gasteiger partial charge >= 0.3 is 5.69 Å². The van der Waals surface area contributed by atoms with Crippen molar-refractivity contribution in [1.29, 1.82) is 0 Å². The molecule has 2 aromatic heterocycles. The molecule has 3 N–H and O–H groups in total. The molecule has 0 aliphatic heterocycles. The number of anilines is 2. The Kier molecular flexibility index (Phi) is 5.95. The average Bonchev–Trinajstić information content (AvgIpc) is 3.30. The number of nitrogen functional groups attached to an aromatic ring is 1. The smallest absolute Gasteiger partial charge is 0.330 e. The Morgan fingerprint density at radius 3 is 2.45 bits per heavy atom. The van der Waals surface area contributed by atoms with E-state index in [1.165, 1.54) is 28.8 Å². The van der Waals surface area contributed by atoms with E-state index in [4.69, 9.17) is 10.2 Å². The van der Waals surface area contributed by atoms with Gasteiger partial charge in [-0.3, -0.25) is 24.0 Å². The number of nitrogens with one attached hydrogen (secondary N) is 1.